The lowest BCUT2D eigenvalue weighted by Gasteiger charge is -2.11. The molecule has 2 bridgehead atoms. The average molecular weight is 136 g/mol. The fraction of sp³-hybridized carbons (Fsp3) is 0.600. The summed E-state index contributed by atoms with van der Waals surface area (Å²) in [4.78, 5) is 0. The Kier molecular flexibility index (Phi) is 1.98. The van der Waals surface area contributed by atoms with E-state index in [0.29, 0.717) is 0 Å². The number of rotatable bonds is 1. The fourth-order valence-electron chi connectivity index (χ4n) is 2.09. The molecule has 0 aromatic heterocycles. The summed E-state index contributed by atoms with van der Waals surface area (Å²) in [5.74, 6) is 2.56. The van der Waals surface area contributed by atoms with Crippen molar-refractivity contribution in [3.63, 3.8) is 0 Å². The van der Waals surface area contributed by atoms with E-state index < -0.39 is 0 Å². The van der Waals surface area contributed by atoms with Gasteiger partial charge in [-0.2, -0.15) is 0 Å². The lowest BCUT2D eigenvalue weighted by molar-refractivity contribution is 0.551. The van der Waals surface area contributed by atoms with E-state index in [1.807, 2.05) is 0 Å². The zero-order chi connectivity index (χ0) is 6.27. The zero-order valence-corrected chi connectivity index (χ0v) is 5.59. The van der Waals surface area contributed by atoms with Gasteiger partial charge in [0.05, 0.1) is 0 Å². The Morgan fingerprint density at radius 2 is 2.10 bits per heavy atom. The van der Waals surface area contributed by atoms with Gasteiger partial charge in [-0.15, -0.1) is 6.58 Å². The Hall–Kier alpha value is -0.520. The first kappa shape index (κ1) is 7.59. The second kappa shape index (κ2) is 2.61. The van der Waals surface area contributed by atoms with Crippen molar-refractivity contribution in [1.29, 1.82) is 0 Å². The molecule has 0 aromatic carbocycles. The maximum absolute atomic E-state index is 3.83. The van der Waals surface area contributed by atoms with Crippen LogP contribution in [-0.4, -0.2) is 0 Å². The number of allylic oxidation sites excluding steroid dienone is 3. The highest BCUT2D eigenvalue weighted by Gasteiger charge is 2.33. The largest absolute Gasteiger partial charge is 0.103 e. The molecule has 0 nitrogen and oxygen atoms in total. The van der Waals surface area contributed by atoms with Crippen LogP contribution < -0.4 is 0 Å². The van der Waals surface area contributed by atoms with Crippen molar-refractivity contribution >= 4 is 0 Å². The summed E-state index contributed by atoms with van der Waals surface area (Å²) in [5, 5.41) is 0. The molecule has 10 heavy (non-hydrogen) atoms. The summed E-state index contributed by atoms with van der Waals surface area (Å²) in [5.41, 5.74) is 0. The average Bonchev–Trinajstić information content (AvgIpc) is 2.45. The summed E-state index contributed by atoms with van der Waals surface area (Å²) in [7, 11) is 0. The zero-order valence-electron chi connectivity index (χ0n) is 5.59. The molecule has 0 N–H and O–H groups in total. The van der Waals surface area contributed by atoms with Gasteiger partial charge in [-0.25, -0.2) is 0 Å². The monoisotopic (exact) mass is 136 g/mol. The predicted octanol–water partition coefficient (Wildman–Crippen LogP) is 3.02. The minimum Gasteiger partial charge on any atom is -0.103 e. The maximum atomic E-state index is 3.83. The third-order valence-corrected chi connectivity index (χ3v) is 2.63. The number of hydrogen-bond donors (Lipinski definition) is 0. The third-order valence-electron chi connectivity index (χ3n) is 2.63. The summed E-state index contributed by atoms with van der Waals surface area (Å²) in [6.07, 6.45) is 9.61. The van der Waals surface area contributed by atoms with Crippen molar-refractivity contribution in [2.75, 3.05) is 0 Å². The standard InChI is InChI=1S/C9H12.CH4/c1-2-8-5-7-3-4-9(8)6-7;/h2-4,7-9H,1,5-6H2;1H4. The molecule has 0 spiro atoms. The Morgan fingerprint density at radius 1 is 1.30 bits per heavy atom. The van der Waals surface area contributed by atoms with Gasteiger partial charge < -0.3 is 0 Å². The van der Waals surface area contributed by atoms with Crippen LogP contribution in [0.15, 0.2) is 24.8 Å². The van der Waals surface area contributed by atoms with Gasteiger partial charge in [0, 0.05) is 0 Å². The first-order valence-corrected chi connectivity index (χ1v) is 3.71. The molecule has 0 heteroatoms. The van der Waals surface area contributed by atoms with Crippen LogP contribution in [0.25, 0.3) is 0 Å². The second-order valence-electron chi connectivity index (χ2n) is 3.18. The molecule has 2 rings (SSSR count). The Bertz CT molecular complexity index is 155. The predicted molar refractivity (Wildman–Crippen MR) is 45.8 cm³/mol. The molecule has 56 valence electrons. The topological polar surface area (TPSA) is 0 Å². The number of hydrogen-bond acceptors (Lipinski definition) is 0. The van der Waals surface area contributed by atoms with Gasteiger partial charge in [0.2, 0.25) is 0 Å². The van der Waals surface area contributed by atoms with E-state index in [0.717, 1.165) is 17.8 Å². The van der Waals surface area contributed by atoms with Gasteiger partial charge in [-0.3, -0.25) is 0 Å². The van der Waals surface area contributed by atoms with Crippen LogP contribution in [0, 0.1) is 17.8 Å². The van der Waals surface area contributed by atoms with Crippen molar-refractivity contribution in [2.45, 2.75) is 20.3 Å². The lowest BCUT2D eigenvalue weighted by Crippen LogP contribution is -2.01. The molecule has 0 saturated heterocycles. The van der Waals surface area contributed by atoms with Crippen LogP contribution in [0.4, 0.5) is 0 Å². The van der Waals surface area contributed by atoms with E-state index in [-0.39, 0.29) is 7.43 Å². The van der Waals surface area contributed by atoms with E-state index in [4.69, 9.17) is 0 Å². The molecule has 1 fully saturated rings. The van der Waals surface area contributed by atoms with Crippen molar-refractivity contribution < 1.29 is 0 Å². The smallest absolute Gasteiger partial charge is 0.0165 e. The second-order valence-corrected chi connectivity index (χ2v) is 3.18. The van der Waals surface area contributed by atoms with E-state index in [2.05, 4.69) is 24.8 Å². The van der Waals surface area contributed by atoms with Crippen LogP contribution in [0.1, 0.15) is 20.3 Å². The highest BCUT2D eigenvalue weighted by atomic mass is 14.4. The summed E-state index contributed by atoms with van der Waals surface area (Å²) < 4.78 is 0. The molecule has 2 aliphatic rings. The molecular weight excluding hydrogens is 120 g/mol. The molecular formula is C10H16. The fourth-order valence-corrected chi connectivity index (χ4v) is 2.09. The summed E-state index contributed by atoms with van der Waals surface area (Å²) in [6.45, 7) is 3.83. The summed E-state index contributed by atoms with van der Waals surface area (Å²) in [6, 6.07) is 0. The number of fused-ring (bicyclic) bond motifs is 2. The molecule has 0 radical (unpaired) electrons. The molecule has 2 aliphatic carbocycles. The molecule has 0 heterocycles. The molecule has 1 saturated carbocycles. The highest BCUT2D eigenvalue weighted by molar-refractivity contribution is 5.13. The van der Waals surface area contributed by atoms with Crippen molar-refractivity contribution in [3.05, 3.63) is 24.8 Å². The van der Waals surface area contributed by atoms with Gasteiger partial charge >= 0.3 is 0 Å². The maximum Gasteiger partial charge on any atom is -0.0165 e. The minimum absolute atomic E-state index is 0. The molecule has 3 unspecified atom stereocenters. The minimum atomic E-state index is 0. The van der Waals surface area contributed by atoms with Gasteiger partial charge in [0.25, 0.3) is 0 Å². The molecule has 0 aromatic rings. The van der Waals surface area contributed by atoms with Gasteiger partial charge in [0.1, 0.15) is 0 Å². The SMILES string of the molecule is C.C=CC1CC2C=CC1C2. The van der Waals surface area contributed by atoms with Gasteiger partial charge in [-0.05, 0) is 30.6 Å². The van der Waals surface area contributed by atoms with Gasteiger partial charge in [-0.1, -0.05) is 25.7 Å². The third kappa shape index (κ3) is 0.920. The van der Waals surface area contributed by atoms with E-state index in [1.165, 1.54) is 12.8 Å². The lowest BCUT2D eigenvalue weighted by atomic mass is 9.94. The van der Waals surface area contributed by atoms with E-state index in [9.17, 15) is 0 Å². The van der Waals surface area contributed by atoms with Crippen molar-refractivity contribution in [1.82, 2.24) is 0 Å². The van der Waals surface area contributed by atoms with Crippen LogP contribution in [-0.2, 0) is 0 Å². The first-order chi connectivity index (χ1) is 4.40. The Morgan fingerprint density at radius 3 is 2.40 bits per heavy atom. The quantitative estimate of drug-likeness (QED) is 0.486. The molecule has 3 atom stereocenters. The van der Waals surface area contributed by atoms with Crippen molar-refractivity contribution in [2.24, 2.45) is 17.8 Å². The normalized spacial score (nSPS) is 41.4. The Balaban J connectivity index is 0.000000500. The van der Waals surface area contributed by atoms with Crippen LogP contribution in [0.5, 0.6) is 0 Å². The van der Waals surface area contributed by atoms with E-state index >= 15 is 0 Å². The van der Waals surface area contributed by atoms with E-state index in [1.54, 1.807) is 0 Å². The highest BCUT2D eigenvalue weighted by Crippen LogP contribution is 2.43. The van der Waals surface area contributed by atoms with Crippen LogP contribution in [0.3, 0.4) is 0 Å². The molecule has 0 aliphatic heterocycles. The first-order valence-electron chi connectivity index (χ1n) is 3.71. The van der Waals surface area contributed by atoms with Gasteiger partial charge in [0.15, 0.2) is 0 Å². The van der Waals surface area contributed by atoms with Crippen molar-refractivity contribution in [3.8, 4) is 0 Å². The van der Waals surface area contributed by atoms with Crippen LogP contribution in [0.2, 0.25) is 0 Å². The summed E-state index contributed by atoms with van der Waals surface area (Å²) >= 11 is 0. The Labute approximate surface area is 63.6 Å². The van der Waals surface area contributed by atoms with Crippen LogP contribution >= 0.6 is 0 Å². The molecule has 0 amide bonds.